The molecule has 0 bridgehead atoms. The Morgan fingerprint density at radius 3 is 2.81 bits per heavy atom. The number of nitrogens with one attached hydrogen (secondary N) is 1. The Bertz CT molecular complexity index is 675. The van der Waals surface area contributed by atoms with Gasteiger partial charge in [-0.25, -0.2) is 9.98 Å². The summed E-state index contributed by atoms with van der Waals surface area (Å²) in [5, 5.41) is 10.5. The fraction of sp³-hybridized carbons (Fsp3) is 0.375. The molecule has 2 N–H and O–H groups in total. The highest BCUT2D eigenvalue weighted by Gasteiger charge is 2.28. The van der Waals surface area contributed by atoms with Gasteiger partial charge in [0.2, 0.25) is 5.90 Å². The van der Waals surface area contributed by atoms with Gasteiger partial charge in [-0.05, 0) is 38.0 Å². The van der Waals surface area contributed by atoms with Crippen molar-refractivity contribution in [2.45, 2.75) is 32.4 Å². The molecule has 5 heteroatoms. The predicted octanol–water partition coefficient (Wildman–Crippen LogP) is 2.36. The van der Waals surface area contributed by atoms with E-state index < -0.39 is 6.10 Å². The van der Waals surface area contributed by atoms with Gasteiger partial charge < -0.3 is 14.8 Å². The van der Waals surface area contributed by atoms with Crippen LogP contribution in [0.1, 0.15) is 42.3 Å². The van der Waals surface area contributed by atoms with Crippen LogP contribution in [0.5, 0.6) is 0 Å². The first kappa shape index (κ1) is 13.8. The van der Waals surface area contributed by atoms with Crippen molar-refractivity contribution in [2.24, 2.45) is 4.99 Å². The predicted molar refractivity (Wildman–Crippen MR) is 80.4 cm³/mol. The van der Waals surface area contributed by atoms with Crippen LogP contribution in [0.15, 0.2) is 35.7 Å². The average molecular weight is 285 g/mol. The molecule has 1 atom stereocenters. The van der Waals surface area contributed by atoms with E-state index >= 15 is 0 Å². The van der Waals surface area contributed by atoms with Crippen LogP contribution in [0.4, 0.5) is 0 Å². The van der Waals surface area contributed by atoms with Crippen LogP contribution in [0.3, 0.4) is 0 Å². The Morgan fingerprint density at radius 1 is 1.38 bits per heavy atom. The smallest absolute Gasteiger partial charge is 0.217 e. The summed E-state index contributed by atoms with van der Waals surface area (Å²) in [6.07, 6.45) is 2.50. The molecule has 110 valence electrons. The fourth-order valence-electron chi connectivity index (χ4n) is 2.48. The number of aliphatic hydroxyl groups excluding tert-OH is 1. The number of benzene rings is 1. The molecule has 2 aromatic rings. The van der Waals surface area contributed by atoms with Crippen molar-refractivity contribution in [3.05, 3.63) is 53.1 Å². The molecule has 0 fully saturated rings. The number of hydrogen-bond donors (Lipinski definition) is 2. The topological polar surface area (TPSA) is 70.5 Å². The van der Waals surface area contributed by atoms with Crippen molar-refractivity contribution in [1.29, 1.82) is 0 Å². The quantitative estimate of drug-likeness (QED) is 0.909. The number of aliphatic hydroxyl groups is 1. The number of hydrogen-bond acceptors (Lipinski definition) is 4. The Kier molecular flexibility index (Phi) is 3.29. The van der Waals surface area contributed by atoms with E-state index in [1.807, 2.05) is 39.0 Å². The Balaban J connectivity index is 2.00. The van der Waals surface area contributed by atoms with Gasteiger partial charge in [0, 0.05) is 11.8 Å². The van der Waals surface area contributed by atoms with E-state index in [0.29, 0.717) is 18.2 Å². The van der Waals surface area contributed by atoms with Crippen molar-refractivity contribution in [2.75, 3.05) is 6.61 Å². The lowest BCUT2D eigenvalue weighted by Crippen LogP contribution is -2.17. The van der Waals surface area contributed by atoms with Crippen LogP contribution in [-0.4, -0.2) is 33.1 Å². The Hall–Kier alpha value is -2.14. The molecule has 3 rings (SSSR count). The van der Waals surface area contributed by atoms with Crippen molar-refractivity contribution >= 4 is 5.90 Å². The molecular weight excluding hydrogens is 266 g/mol. The van der Waals surface area contributed by atoms with E-state index in [0.717, 1.165) is 16.7 Å². The minimum Gasteiger partial charge on any atom is -0.475 e. The maximum atomic E-state index is 10.5. The zero-order chi connectivity index (χ0) is 15.0. The zero-order valence-corrected chi connectivity index (χ0v) is 12.4. The van der Waals surface area contributed by atoms with Crippen LogP contribution in [0.2, 0.25) is 0 Å². The van der Waals surface area contributed by atoms with Crippen LogP contribution < -0.4 is 0 Å². The Morgan fingerprint density at radius 2 is 2.19 bits per heavy atom. The Labute approximate surface area is 123 Å². The van der Waals surface area contributed by atoms with E-state index in [4.69, 9.17) is 4.74 Å². The van der Waals surface area contributed by atoms with E-state index in [1.54, 1.807) is 12.5 Å². The van der Waals surface area contributed by atoms with Gasteiger partial charge in [0.25, 0.3) is 0 Å². The number of aromatic nitrogens is 2. The number of aliphatic imine (C=N–C) groups is 1. The van der Waals surface area contributed by atoms with Crippen molar-refractivity contribution in [1.82, 2.24) is 9.97 Å². The first-order chi connectivity index (χ1) is 9.98. The number of H-pyrrole nitrogens is 1. The molecule has 2 heterocycles. The lowest BCUT2D eigenvalue weighted by molar-refractivity contribution is 0.215. The molecule has 21 heavy (non-hydrogen) atoms. The second-order valence-corrected chi connectivity index (χ2v) is 5.93. The largest absolute Gasteiger partial charge is 0.475 e. The minimum atomic E-state index is -0.758. The molecule has 1 unspecified atom stereocenters. The van der Waals surface area contributed by atoms with Crippen molar-refractivity contribution < 1.29 is 9.84 Å². The van der Waals surface area contributed by atoms with Gasteiger partial charge in [-0.3, -0.25) is 0 Å². The van der Waals surface area contributed by atoms with Gasteiger partial charge >= 0.3 is 0 Å². The molecule has 0 amide bonds. The summed E-state index contributed by atoms with van der Waals surface area (Å²) in [4.78, 5) is 11.6. The van der Waals surface area contributed by atoms with E-state index in [9.17, 15) is 5.11 Å². The molecular formula is C16H19N3O2. The van der Waals surface area contributed by atoms with Gasteiger partial charge in [0.15, 0.2) is 0 Å². The number of nitrogens with zero attached hydrogens (tertiary/aromatic N) is 2. The third-order valence-corrected chi connectivity index (χ3v) is 3.67. The first-order valence-electron chi connectivity index (χ1n) is 6.97. The summed E-state index contributed by atoms with van der Waals surface area (Å²) in [5.74, 6) is 0.647. The van der Waals surface area contributed by atoms with E-state index in [2.05, 4.69) is 15.0 Å². The standard InChI is InChI=1S/C16H19N3O2/c1-10-11(14(20)13-7-17-9-18-13)5-4-6-12(10)15-19-16(2,3)8-21-15/h4-7,9,14,20H,8H2,1-3H3,(H,17,18). The van der Waals surface area contributed by atoms with Crippen LogP contribution in [0.25, 0.3) is 0 Å². The van der Waals surface area contributed by atoms with Gasteiger partial charge in [0.05, 0.1) is 17.6 Å². The van der Waals surface area contributed by atoms with E-state index in [1.165, 1.54) is 0 Å². The summed E-state index contributed by atoms with van der Waals surface area (Å²) in [6.45, 7) is 6.63. The van der Waals surface area contributed by atoms with Gasteiger partial charge in [-0.1, -0.05) is 12.1 Å². The summed E-state index contributed by atoms with van der Waals surface area (Å²) in [7, 11) is 0. The molecule has 0 aliphatic carbocycles. The molecule has 0 saturated heterocycles. The molecule has 0 saturated carbocycles. The summed E-state index contributed by atoms with van der Waals surface area (Å²) < 4.78 is 5.71. The van der Waals surface area contributed by atoms with Crippen molar-refractivity contribution in [3.63, 3.8) is 0 Å². The highest BCUT2D eigenvalue weighted by Crippen LogP contribution is 2.28. The molecule has 5 nitrogen and oxygen atoms in total. The second kappa shape index (κ2) is 5.00. The summed E-state index contributed by atoms with van der Waals surface area (Å²) in [5.41, 5.74) is 3.11. The number of aromatic amines is 1. The number of imidazole rings is 1. The second-order valence-electron chi connectivity index (χ2n) is 5.93. The summed E-state index contributed by atoms with van der Waals surface area (Å²) in [6, 6.07) is 5.78. The van der Waals surface area contributed by atoms with Gasteiger partial charge in [-0.15, -0.1) is 0 Å². The lowest BCUT2D eigenvalue weighted by Gasteiger charge is -2.14. The number of ether oxygens (including phenoxy) is 1. The highest BCUT2D eigenvalue weighted by atomic mass is 16.5. The van der Waals surface area contributed by atoms with E-state index in [-0.39, 0.29) is 5.54 Å². The third-order valence-electron chi connectivity index (χ3n) is 3.67. The van der Waals surface area contributed by atoms with Gasteiger partial charge in [-0.2, -0.15) is 0 Å². The minimum absolute atomic E-state index is 0.196. The molecule has 1 aliphatic heterocycles. The van der Waals surface area contributed by atoms with Crippen LogP contribution >= 0.6 is 0 Å². The molecule has 0 radical (unpaired) electrons. The molecule has 0 spiro atoms. The fourth-order valence-corrected chi connectivity index (χ4v) is 2.48. The van der Waals surface area contributed by atoms with Gasteiger partial charge in [0.1, 0.15) is 12.7 Å². The molecule has 1 aliphatic rings. The highest BCUT2D eigenvalue weighted by molar-refractivity contribution is 5.97. The third kappa shape index (κ3) is 2.56. The summed E-state index contributed by atoms with van der Waals surface area (Å²) >= 11 is 0. The van der Waals surface area contributed by atoms with Crippen molar-refractivity contribution in [3.8, 4) is 0 Å². The normalized spacial score (nSPS) is 18.2. The monoisotopic (exact) mass is 285 g/mol. The molecule has 1 aromatic heterocycles. The maximum Gasteiger partial charge on any atom is 0.217 e. The molecule has 1 aromatic carbocycles. The SMILES string of the molecule is Cc1c(C2=NC(C)(C)CO2)cccc1C(O)c1c[nH]cn1. The van der Waals surface area contributed by atoms with Crippen LogP contribution in [0, 0.1) is 6.92 Å². The zero-order valence-electron chi connectivity index (χ0n) is 12.4. The maximum absolute atomic E-state index is 10.5. The van der Waals surface area contributed by atoms with Crippen LogP contribution in [-0.2, 0) is 4.74 Å². The first-order valence-corrected chi connectivity index (χ1v) is 6.97. The lowest BCUT2D eigenvalue weighted by atomic mass is 9.97. The average Bonchev–Trinajstić information content (AvgIpc) is 3.07. The number of rotatable bonds is 3.